The molecule has 1 amide bonds. The number of nitrogens with two attached hydrogens (primary N) is 1. The fourth-order valence-corrected chi connectivity index (χ4v) is 1.70. The molecule has 0 aliphatic heterocycles. The molecule has 1 aromatic carbocycles. The molecule has 2 rings (SSSR count). The largest absolute Gasteiger partial charge is 0.320 e. The minimum absolute atomic E-state index is 0.200. The van der Waals surface area contributed by atoms with Gasteiger partial charge in [0.1, 0.15) is 11.8 Å². The predicted octanol–water partition coefficient (Wildman–Crippen LogP) is 1.52. The van der Waals surface area contributed by atoms with Gasteiger partial charge in [-0.05, 0) is 24.3 Å². The number of carbonyl (C=O) groups excluding carboxylic acids is 1. The molecule has 0 radical (unpaired) electrons. The van der Waals surface area contributed by atoms with Crippen molar-refractivity contribution >= 4 is 11.6 Å². The smallest absolute Gasteiger partial charge is 0.275 e. The van der Waals surface area contributed by atoms with Crippen LogP contribution in [0.4, 0.5) is 5.69 Å². The first-order chi connectivity index (χ1) is 10.3. The lowest BCUT2D eigenvalue weighted by Gasteiger charge is -2.07. The number of nitrogens with zero attached hydrogens (tertiary/aromatic N) is 2. The second-order valence-corrected chi connectivity index (χ2v) is 4.02. The van der Waals surface area contributed by atoms with Crippen LogP contribution in [0.15, 0.2) is 42.6 Å². The van der Waals surface area contributed by atoms with E-state index < -0.39 is 5.91 Å². The molecule has 0 aliphatic carbocycles. The Morgan fingerprint density at radius 2 is 2.00 bits per heavy atom. The molecule has 0 atom stereocenters. The van der Waals surface area contributed by atoms with Crippen molar-refractivity contribution in [3.63, 3.8) is 0 Å². The summed E-state index contributed by atoms with van der Waals surface area (Å²) in [6.45, 7) is 0.202. The maximum atomic E-state index is 12.3. The average Bonchev–Trinajstić information content (AvgIpc) is 2.53. The van der Waals surface area contributed by atoms with Crippen LogP contribution in [-0.2, 0) is 0 Å². The van der Waals surface area contributed by atoms with E-state index in [2.05, 4.69) is 22.1 Å². The van der Waals surface area contributed by atoms with Gasteiger partial charge in [0.05, 0.1) is 23.4 Å². The van der Waals surface area contributed by atoms with Crippen molar-refractivity contribution in [2.45, 2.75) is 0 Å². The average molecular weight is 276 g/mol. The Balaban J connectivity index is 2.31. The zero-order chi connectivity index (χ0) is 15.1. The molecular weight excluding hydrogens is 264 g/mol. The fourth-order valence-electron chi connectivity index (χ4n) is 1.70. The van der Waals surface area contributed by atoms with Crippen molar-refractivity contribution in [1.82, 2.24) is 4.98 Å². The van der Waals surface area contributed by atoms with E-state index in [1.165, 1.54) is 6.20 Å². The molecule has 1 heterocycles. The van der Waals surface area contributed by atoms with Gasteiger partial charge >= 0.3 is 0 Å². The number of pyridine rings is 1. The predicted molar refractivity (Wildman–Crippen MR) is 79.3 cm³/mol. The summed E-state index contributed by atoms with van der Waals surface area (Å²) in [5, 5.41) is 11.7. The van der Waals surface area contributed by atoms with Crippen LogP contribution in [-0.4, -0.2) is 17.4 Å². The number of rotatable bonds is 2. The lowest BCUT2D eigenvalue weighted by Crippen LogP contribution is -2.16. The van der Waals surface area contributed by atoms with Gasteiger partial charge < -0.3 is 11.1 Å². The van der Waals surface area contributed by atoms with E-state index in [0.29, 0.717) is 16.8 Å². The molecule has 3 N–H and O–H groups in total. The summed E-state index contributed by atoms with van der Waals surface area (Å²) in [6, 6.07) is 12.2. The van der Waals surface area contributed by atoms with Gasteiger partial charge in [0.25, 0.3) is 5.91 Å². The van der Waals surface area contributed by atoms with Crippen LogP contribution in [0.2, 0.25) is 0 Å². The number of nitriles is 1. The molecule has 5 nitrogen and oxygen atoms in total. The third-order valence-electron chi connectivity index (χ3n) is 2.64. The summed E-state index contributed by atoms with van der Waals surface area (Å²) in [6.07, 6.45) is 1.51. The molecule has 2 aromatic rings. The third kappa shape index (κ3) is 3.44. The highest BCUT2D eigenvalue weighted by Crippen LogP contribution is 2.15. The van der Waals surface area contributed by atoms with Gasteiger partial charge in [-0.3, -0.25) is 4.79 Å². The van der Waals surface area contributed by atoms with Crippen molar-refractivity contribution in [3.05, 3.63) is 59.4 Å². The van der Waals surface area contributed by atoms with E-state index in [0.717, 1.165) is 0 Å². The number of amides is 1. The summed E-state index contributed by atoms with van der Waals surface area (Å²) in [5.74, 6) is 5.08. The van der Waals surface area contributed by atoms with Crippen LogP contribution in [0.1, 0.15) is 21.6 Å². The van der Waals surface area contributed by atoms with Gasteiger partial charge in [-0.2, -0.15) is 5.26 Å². The number of hydrogen-bond acceptors (Lipinski definition) is 4. The molecule has 0 fully saturated rings. The Bertz CT molecular complexity index is 766. The summed E-state index contributed by atoms with van der Waals surface area (Å²) in [7, 11) is 0. The minimum Gasteiger partial charge on any atom is -0.320 e. The second kappa shape index (κ2) is 6.85. The number of aromatic nitrogens is 1. The molecule has 0 saturated carbocycles. The number of para-hydroxylation sites is 1. The fraction of sp³-hybridized carbons (Fsp3) is 0.0625. The number of anilines is 1. The van der Waals surface area contributed by atoms with Gasteiger partial charge in [0, 0.05) is 6.20 Å². The Morgan fingerprint density at radius 1 is 1.24 bits per heavy atom. The Kier molecular flexibility index (Phi) is 4.66. The topological polar surface area (TPSA) is 91.8 Å². The number of nitrogens with one attached hydrogen (secondary N) is 1. The third-order valence-corrected chi connectivity index (χ3v) is 2.64. The monoisotopic (exact) mass is 276 g/mol. The van der Waals surface area contributed by atoms with Gasteiger partial charge in [0.15, 0.2) is 0 Å². The standard InChI is InChI=1S/C16H12N4O/c17-9-3-6-12-7-4-10-19-15(12)16(21)20-14-8-2-1-5-13(14)11-18/h1-2,4-5,7-8,10H,9,17H2,(H,20,21). The van der Waals surface area contributed by atoms with Crippen molar-refractivity contribution < 1.29 is 4.79 Å². The number of carbonyl (C=O) groups is 1. The molecular formula is C16H12N4O. The molecule has 0 unspecified atom stereocenters. The minimum atomic E-state index is -0.417. The van der Waals surface area contributed by atoms with Crippen molar-refractivity contribution in [2.75, 3.05) is 11.9 Å². The number of hydrogen-bond donors (Lipinski definition) is 2. The van der Waals surface area contributed by atoms with Crippen LogP contribution >= 0.6 is 0 Å². The van der Waals surface area contributed by atoms with Gasteiger partial charge in [-0.15, -0.1) is 0 Å². The quantitative estimate of drug-likeness (QED) is 0.813. The highest BCUT2D eigenvalue weighted by atomic mass is 16.1. The van der Waals surface area contributed by atoms with Crippen LogP contribution in [0.5, 0.6) is 0 Å². The molecule has 1 aromatic heterocycles. The molecule has 0 bridgehead atoms. The first-order valence-corrected chi connectivity index (χ1v) is 6.20. The molecule has 0 saturated heterocycles. The molecule has 5 heteroatoms. The summed E-state index contributed by atoms with van der Waals surface area (Å²) >= 11 is 0. The summed E-state index contributed by atoms with van der Waals surface area (Å²) in [4.78, 5) is 16.3. The van der Waals surface area contributed by atoms with Crippen LogP contribution in [0.3, 0.4) is 0 Å². The molecule has 102 valence electrons. The van der Waals surface area contributed by atoms with E-state index in [1.807, 2.05) is 6.07 Å². The van der Waals surface area contributed by atoms with Crippen molar-refractivity contribution in [3.8, 4) is 17.9 Å². The van der Waals surface area contributed by atoms with Gasteiger partial charge in [-0.1, -0.05) is 24.0 Å². The zero-order valence-corrected chi connectivity index (χ0v) is 11.1. The zero-order valence-electron chi connectivity index (χ0n) is 11.1. The second-order valence-electron chi connectivity index (χ2n) is 4.02. The van der Waals surface area contributed by atoms with Crippen LogP contribution in [0, 0.1) is 23.2 Å². The van der Waals surface area contributed by atoms with E-state index >= 15 is 0 Å². The van der Waals surface area contributed by atoms with E-state index in [-0.39, 0.29) is 12.2 Å². The van der Waals surface area contributed by atoms with E-state index in [1.54, 1.807) is 36.4 Å². The normalized spacial score (nSPS) is 9.14. The Hall–Kier alpha value is -3.15. The summed E-state index contributed by atoms with van der Waals surface area (Å²) < 4.78 is 0. The Morgan fingerprint density at radius 3 is 2.76 bits per heavy atom. The van der Waals surface area contributed by atoms with Crippen molar-refractivity contribution in [2.24, 2.45) is 5.73 Å². The summed E-state index contributed by atoms with van der Waals surface area (Å²) in [5.41, 5.74) is 6.85. The van der Waals surface area contributed by atoms with Gasteiger partial charge in [-0.25, -0.2) is 4.98 Å². The lowest BCUT2D eigenvalue weighted by molar-refractivity contribution is 0.102. The molecule has 21 heavy (non-hydrogen) atoms. The highest BCUT2D eigenvalue weighted by molar-refractivity contribution is 6.05. The lowest BCUT2D eigenvalue weighted by atomic mass is 10.1. The number of benzene rings is 1. The first-order valence-electron chi connectivity index (χ1n) is 6.20. The molecule has 0 aliphatic rings. The van der Waals surface area contributed by atoms with Crippen LogP contribution in [0.25, 0.3) is 0 Å². The van der Waals surface area contributed by atoms with Crippen molar-refractivity contribution in [1.29, 1.82) is 5.26 Å². The SMILES string of the molecule is N#Cc1ccccc1NC(=O)c1ncccc1C#CCN. The van der Waals surface area contributed by atoms with Gasteiger partial charge in [0.2, 0.25) is 0 Å². The van der Waals surface area contributed by atoms with E-state index in [4.69, 9.17) is 11.0 Å². The molecule has 0 spiro atoms. The highest BCUT2D eigenvalue weighted by Gasteiger charge is 2.13. The maximum Gasteiger partial charge on any atom is 0.275 e. The Labute approximate surface area is 122 Å². The maximum absolute atomic E-state index is 12.3. The van der Waals surface area contributed by atoms with Crippen LogP contribution < -0.4 is 11.1 Å². The van der Waals surface area contributed by atoms with E-state index in [9.17, 15) is 4.79 Å². The first kappa shape index (κ1) is 14.3.